The zero-order valence-corrected chi connectivity index (χ0v) is 33.8. The molecule has 302 valence electrons. The van der Waals surface area contributed by atoms with Gasteiger partial charge in [-0.05, 0) is 77.5 Å². The number of unbranched alkanes of at least 4 members (excludes halogenated alkanes) is 8. The molecule has 11 nitrogen and oxygen atoms in total. The van der Waals surface area contributed by atoms with E-state index in [4.69, 9.17) is 18.9 Å². The number of allylic oxidation sites excluding steroid dienone is 1. The number of amides is 1. The van der Waals surface area contributed by atoms with Crippen LogP contribution in [-0.2, 0) is 44.6 Å². The molecule has 0 fully saturated rings. The van der Waals surface area contributed by atoms with Crippen molar-refractivity contribution in [1.29, 1.82) is 0 Å². The van der Waals surface area contributed by atoms with Crippen LogP contribution in [0.1, 0.15) is 138 Å². The van der Waals surface area contributed by atoms with Crippen LogP contribution in [0, 0.1) is 17.8 Å². The van der Waals surface area contributed by atoms with Crippen molar-refractivity contribution in [2.24, 2.45) is 5.92 Å². The molecule has 0 bridgehead atoms. The molecule has 2 N–H and O–H groups in total. The molecule has 0 spiro atoms. The number of ketones is 1. The molecule has 0 aliphatic heterocycles. The van der Waals surface area contributed by atoms with Crippen molar-refractivity contribution in [2.75, 3.05) is 19.8 Å². The maximum absolute atomic E-state index is 14.2. The molecule has 0 saturated carbocycles. The highest BCUT2D eigenvalue weighted by Gasteiger charge is 2.49. The summed E-state index contributed by atoms with van der Waals surface area (Å²) in [6.07, 6.45) is 13.8. The van der Waals surface area contributed by atoms with Crippen molar-refractivity contribution in [3.05, 3.63) is 42.0 Å². The molecule has 0 saturated heterocycles. The van der Waals surface area contributed by atoms with E-state index in [1.807, 2.05) is 12.1 Å². The third kappa shape index (κ3) is 21.5. The summed E-state index contributed by atoms with van der Waals surface area (Å²) in [5.41, 5.74) is -2.60. The number of rotatable bonds is 27. The largest absolute Gasteiger partial charge is 0.481 e. The molecule has 11 heteroatoms. The summed E-state index contributed by atoms with van der Waals surface area (Å²) in [7, 11) is 0. The van der Waals surface area contributed by atoms with Crippen LogP contribution in [-0.4, -0.2) is 71.8 Å². The first-order valence-corrected chi connectivity index (χ1v) is 19.4. The summed E-state index contributed by atoms with van der Waals surface area (Å²) < 4.78 is 21.6. The molecular weight excluding hydrogens is 690 g/mol. The Hall–Kier alpha value is -4.17. The molecule has 1 amide bonds. The lowest BCUT2D eigenvalue weighted by molar-refractivity contribution is -0.186. The van der Waals surface area contributed by atoms with Gasteiger partial charge in [0, 0.05) is 33.1 Å². The fraction of sp³-hybridized carbons (Fsp3) is 0.651. The number of hydrogen-bond acceptors (Lipinski definition) is 10. The van der Waals surface area contributed by atoms with E-state index < -0.39 is 53.4 Å². The lowest BCUT2D eigenvalue weighted by Crippen LogP contribution is -2.56. The Morgan fingerprint density at radius 2 is 1.48 bits per heavy atom. The van der Waals surface area contributed by atoms with Gasteiger partial charge in [0.15, 0.2) is 5.60 Å². The Morgan fingerprint density at radius 3 is 2.06 bits per heavy atom. The van der Waals surface area contributed by atoms with E-state index in [0.717, 1.165) is 44.1 Å². The van der Waals surface area contributed by atoms with Gasteiger partial charge in [-0.15, -0.1) is 5.92 Å². The fourth-order valence-corrected chi connectivity index (χ4v) is 5.64. The number of ether oxygens (including phenoxy) is 4. The number of esters is 3. The SMILES string of the molecule is CC#CCOc1ccc(C[C@@H](COC(C)=O)NC(=O)[C@@H](/C=C/CCCCCCC(=O)CCCCCCC)[C@@](O)(CCOC(C)=O)C(=O)OC(C)(C)C)cc1. The molecule has 1 aromatic rings. The number of Topliss-reactive ketones (excluding diaryl/α,β-unsaturated/α-hetero) is 1. The van der Waals surface area contributed by atoms with Crippen LogP contribution < -0.4 is 10.1 Å². The van der Waals surface area contributed by atoms with Crippen molar-refractivity contribution in [3.63, 3.8) is 0 Å². The van der Waals surface area contributed by atoms with E-state index in [0.29, 0.717) is 30.8 Å². The normalized spacial score (nSPS) is 13.5. The van der Waals surface area contributed by atoms with Crippen LogP contribution in [0.5, 0.6) is 5.75 Å². The molecule has 0 radical (unpaired) electrons. The van der Waals surface area contributed by atoms with Gasteiger partial charge in [-0.25, -0.2) is 4.79 Å². The Bertz CT molecular complexity index is 1390. The first-order chi connectivity index (χ1) is 25.6. The molecule has 0 heterocycles. The third-order valence-electron chi connectivity index (χ3n) is 8.53. The highest BCUT2D eigenvalue weighted by molar-refractivity contribution is 5.91. The zero-order chi connectivity index (χ0) is 40.4. The van der Waals surface area contributed by atoms with Gasteiger partial charge in [0.1, 0.15) is 30.3 Å². The Balaban J connectivity index is 3.18. The van der Waals surface area contributed by atoms with Crippen LogP contribution in [0.2, 0.25) is 0 Å². The van der Waals surface area contributed by atoms with E-state index in [2.05, 4.69) is 24.1 Å². The van der Waals surface area contributed by atoms with Crippen LogP contribution in [0.4, 0.5) is 0 Å². The quantitative estimate of drug-likeness (QED) is 0.0311. The standard InChI is InChI=1S/C43H65NO10/c1-8-10-12-15-18-21-37(47)22-19-16-13-14-17-20-23-39(43(50,28-30-51-33(3)45)41(49)54-42(5,6)7)40(48)44-36(32-53-34(4)46)31-35-24-26-38(27-25-35)52-29-11-9-2/h20,23-27,36,39,50H,8,10,12-19,21-22,28-32H2,1-7H3,(H,44,48)/b23-20+/t36-,39+,43-/m0/s1. The van der Waals surface area contributed by atoms with Crippen LogP contribution in [0.3, 0.4) is 0 Å². The zero-order valence-electron chi connectivity index (χ0n) is 33.8. The molecule has 1 rings (SSSR count). The molecule has 54 heavy (non-hydrogen) atoms. The predicted octanol–water partition coefficient (Wildman–Crippen LogP) is 7.15. The molecule has 0 unspecified atom stereocenters. The van der Waals surface area contributed by atoms with Crippen molar-refractivity contribution < 1.29 is 48.0 Å². The first kappa shape index (κ1) is 47.9. The summed E-state index contributed by atoms with van der Waals surface area (Å²) in [4.78, 5) is 63.4. The lowest BCUT2D eigenvalue weighted by atomic mass is 9.82. The lowest BCUT2D eigenvalue weighted by Gasteiger charge is -2.35. The molecule has 0 aromatic heterocycles. The molecule has 3 atom stereocenters. The van der Waals surface area contributed by atoms with Gasteiger partial charge in [0.25, 0.3) is 0 Å². The minimum atomic E-state index is -2.41. The number of carbonyl (C=O) groups is 5. The third-order valence-corrected chi connectivity index (χ3v) is 8.53. The summed E-state index contributed by atoms with van der Waals surface area (Å²) in [6.45, 7) is 11.0. The second-order valence-corrected chi connectivity index (χ2v) is 14.6. The second-order valence-electron chi connectivity index (χ2n) is 14.6. The number of aliphatic hydroxyl groups is 1. The minimum Gasteiger partial charge on any atom is -0.481 e. The topological polar surface area (TPSA) is 155 Å². The second kappa shape index (κ2) is 26.6. The fourth-order valence-electron chi connectivity index (χ4n) is 5.64. The molecular formula is C43H65NO10. The smallest absolute Gasteiger partial charge is 0.339 e. The van der Waals surface area contributed by atoms with E-state index in [-0.39, 0.29) is 26.2 Å². The van der Waals surface area contributed by atoms with Crippen molar-refractivity contribution in [1.82, 2.24) is 5.32 Å². The number of nitrogens with one attached hydrogen (secondary N) is 1. The van der Waals surface area contributed by atoms with E-state index in [9.17, 15) is 29.1 Å². The number of hydrogen-bond donors (Lipinski definition) is 2. The van der Waals surface area contributed by atoms with Gasteiger partial charge in [-0.3, -0.25) is 19.2 Å². The molecule has 0 aliphatic carbocycles. The summed E-state index contributed by atoms with van der Waals surface area (Å²) in [5.74, 6) is 2.19. The number of benzene rings is 1. The van der Waals surface area contributed by atoms with Gasteiger partial charge in [-0.1, -0.05) is 75.7 Å². The van der Waals surface area contributed by atoms with Crippen molar-refractivity contribution in [3.8, 4) is 17.6 Å². The summed E-state index contributed by atoms with van der Waals surface area (Å²) in [5, 5.41) is 14.9. The van der Waals surface area contributed by atoms with Gasteiger partial charge in [-0.2, -0.15) is 0 Å². The Morgan fingerprint density at radius 1 is 0.870 bits per heavy atom. The van der Waals surface area contributed by atoms with Crippen LogP contribution >= 0.6 is 0 Å². The maximum atomic E-state index is 14.2. The summed E-state index contributed by atoms with van der Waals surface area (Å²) in [6, 6.07) is 6.45. The summed E-state index contributed by atoms with van der Waals surface area (Å²) >= 11 is 0. The van der Waals surface area contributed by atoms with Gasteiger partial charge < -0.3 is 29.4 Å². The average molecular weight is 756 g/mol. The van der Waals surface area contributed by atoms with Gasteiger partial charge in [0.2, 0.25) is 5.91 Å². The van der Waals surface area contributed by atoms with Gasteiger partial charge in [0.05, 0.1) is 18.6 Å². The van der Waals surface area contributed by atoms with Crippen molar-refractivity contribution in [2.45, 2.75) is 156 Å². The van der Waals surface area contributed by atoms with Crippen LogP contribution in [0.15, 0.2) is 36.4 Å². The van der Waals surface area contributed by atoms with Crippen LogP contribution in [0.25, 0.3) is 0 Å². The monoisotopic (exact) mass is 755 g/mol. The highest BCUT2D eigenvalue weighted by atomic mass is 16.6. The van der Waals surface area contributed by atoms with E-state index >= 15 is 0 Å². The van der Waals surface area contributed by atoms with Crippen molar-refractivity contribution >= 4 is 29.6 Å². The van der Waals surface area contributed by atoms with Gasteiger partial charge >= 0.3 is 17.9 Å². The highest BCUT2D eigenvalue weighted by Crippen LogP contribution is 2.29. The average Bonchev–Trinajstić information content (AvgIpc) is 3.09. The molecule has 0 aliphatic rings. The van der Waals surface area contributed by atoms with E-state index in [1.165, 1.54) is 39.2 Å². The minimum absolute atomic E-state index is 0.165. The molecule has 1 aromatic carbocycles. The first-order valence-electron chi connectivity index (χ1n) is 19.4. The maximum Gasteiger partial charge on any atom is 0.339 e. The Labute approximate surface area is 323 Å². The van der Waals surface area contributed by atoms with E-state index in [1.54, 1.807) is 45.9 Å². The Kier molecular flexibility index (Phi) is 23.6. The number of carbonyl (C=O) groups excluding carboxylic acids is 5. The predicted molar refractivity (Wildman–Crippen MR) is 208 cm³/mol.